The van der Waals surface area contributed by atoms with E-state index in [1.165, 1.54) is 238 Å². The van der Waals surface area contributed by atoms with E-state index in [0.717, 1.165) is 57.8 Å². The maximum atomic E-state index is 12.8. The molecule has 0 amide bonds. The Morgan fingerprint density at radius 2 is 0.422 bits per heavy atom. The smallest absolute Gasteiger partial charge is 0.306 e. The van der Waals surface area contributed by atoms with E-state index in [-0.39, 0.29) is 31.1 Å². The van der Waals surface area contributed by atoms with Gasteiger partial charge in [-0.3, -0.25) is 14.4 Å². The molecule has 0 saturated heterocycles. The van der Waals surface area contributed by atoms with Gasteiger partial charge in [-0.25, -0.2) is 0 Å². The fraction of sp³-hybridized carbons (Fsp3) is 0.948. The second-order valence-electron chi connectivity index (χ2n) is 19.9. The van der Waals surface area contributed by atoms with Crippen LogP contribution in [0.4, 0.5) is 0 Å². The molecule has 0 aromatic rings. The van der Waals surface area contributed by atoms with Crippen molar-refractivity contribution < 1.29 is 28.6 Å². The average Bonchev–Trinajstić information content (AvgIpc) is 3.29. The van der Waals surface area contributed by atoms with Crippen molar-refractivity contribution in [1.29, 1.82) is 0 Å². The highest BCUT2D eigenvalue weighted by Gasteiger charge is 2.19. The molecule has 0 rings (SSSR count). The molecule has 0 unspecified atom stereocenters. The van der Waals surface area contributed by atoms with Crippen LogP contribution < -0.4 is 0 Å². The molecule has 1 atom stereocenters. The van der Waals surface area contributed by atoms with Crippen molar-refractivity contribution in [3.05, 3.63) is 0 Å². The molecule has 0 aliphatic rings. The Morgan fingerprint density at radius 3 is 0.625 bits per heavy atom. The summed E-state index contributed by atoms with van der Waals surface area (Å²) in [6.07, 6.45) is 59.6. The lowest BCUT2D eigenvalue weighted by atomic mass is 10.0. The van der Waals surface area contributed by atoms with Gasteiger partial charge in [-0.15, -0.1) is 0 Å². The predicted molar refractivity (Wildman–Crippen MR) is 275 cm³/mol. The van der Waals surface area contributed by atoms with Gasteiger partial charge >= 0.3 is 17.9 Å². The topological polar surface area (TPSA) is 78.9 Å². The van der Waals surface area contributed by atoms with E-state index < -0.39 is 6.10 Å². The minimum absolute atomic E-state index is 0.0614. The standard InChI is InChI=1S/C58H112O6/c1-4-7-10-13-16-19-21-23-25-27-29-31-33-35-37-40-43-46-49-52-58(61)64-55(53-62-56(59)50-47-44-41-38-18-15-12-9-6-3)54-63-57(60)51-48-45-42-39-36-34-32-30-28-26-24-22-20-17-14-11-8-5-2/h55H,4-54H2,1-3H3/t55-/m1/s1. The van der Waals surface area contributed by atoms with E-state index in [2.05, 4.69) is 20.8 Å². The van der Waals surface area contributed by atoms with Crippen LogP contribution in [-0.4, -0.2) is 37.2 Å². The Bertz CT molecular complexity index is 951. The maximum Gasteiger partial charge on any atom is 0.306 e. The zero-order valence-electron chi connectivity index (χ0n) is 43.6. The average molecular weight is 906 g/mol. The number of hydrogen-bond donors (Lipinski definition) is 0. The highest BCUT2D eigenvalue weighted by Crippen LogP contribution is 2.18. The molecule has 380 valence electrons. The molecule has 0 aliphatic heterocycles. The van der Waals surface area contributed by atoms with Crippen molar-refractivity contribution in [3.8, 4) is 0 Å². The zero-order valence-corrected chi connectivity index (χ0v) is 43.6. The van der Waals surface area contributed by atoms with Crippen LogP contribution in [-0.2, 0) is 28.6 Å². The molecule has 0 radical (unpaired) electrons. The van der Waals surface area contributed by atoms with Gasteiger partial charge in [0.2, 0.25) is 0 Å². The summed E-state index contributed by atoms with van der Waals surface area (Å²) in [5.41, 5.74) is 0. The first-order valence-electron chi connectivity index (χ1n) is 29.0. The van der Waals surface area contributed by atoms with Gasteiger partial charge in [0.1, 0.15) is 13.2 Å². The first-order valence-corrected chi connectivity index (χ1v) is 29.0. The molecule has 6 nitrogen and oxygen atoms in total. The summed E-state index contributed by atoms with van der Waals surface area (Å²) in [4.78, 5) is 38.0. The number of carbonyl (C=O) groups is 3. The van der Waals surface area contributed by atoms with Gasteiger partial charge < -0.3 is 14.2 Å². The van der Waals surface area contributed by atoms with Crippen molar-refractivity contribution >= 4 is 17.9 Å². The number of unbranched alkanes of at least 4 members (excludes halogenated alkanes) is 43. The van der Waals surface area contributed by atoms with Crippen LogP contribution in [0.3, 0.4) is 0 Å². The van der Waals surface area contributed by atoms with Gasteiger partial charge in [0.15, 0.2) is 6.10 Å². The van der Waals surface area contributed by atoms with E-state index in [1.54, 1.807) is 0 Å². The number of hydrogen-bond acceptors (Lipinski definition) is 6. The first-order chi connectivity index (χ1) is 31.5. The summed E-state index contributed by atoms with van der Waals surface area (Å²) in [6, 6.07) is 0. The zero-order chi connectivity index (χ0) is 46.5. The second-order valence-corrected chi connectivity index (χ2v) is 19.9. The van der Waals surface area contributed by atoms with Crippen molar-refractivity contribution in [3.63, 3.8) is 0 Å². The van der Waals surface area contributed by atoms with Crippen LogP contribution in [0.25, 0.3) is 0 Å². The van der Waals surface area contributed by atoms with Crippen molar-refractivity contribution in [2.75, 3.05) is 13.2 Å². The normalized spacial score (nSPS) is 11.9. The molecular weight excluding hydrogens is 793 g/mol. The lowest BCUT2D eigenvalue weighted by Gasteiger charge is -2.18. The fourth-order valence-electron chi connectivity index (χ4n) is 8.98. The quantitative estimate of drug-likeness (QED) is 0.0344. The van der Waals surface area contributed by atoms with E-state index in [1.807, 2.05) is 0 Å². The van der Waals surface area contributed by atoms with Crippen LogP contribution in [0.1, 0.15) is 335 Å². The van der Waals surface area contributed by atoms with Crippen LogP contribution in [0.2, 0.25) is 0 Å². The van der Waals surface area contributed by atoms with Crippen LogP contribution in [0.5, 0.6) is 0 Å². The lowest BCUT2D eigenvalue weighted by molar-refractivity contribution is -0.167. The van der Waals surface area contributed by atoms with Gasteiger partial charge in [-0.2, -0.15) is 0 Å². The minimum atomic E-state index is -0.760. The summed E-state index contributed by atoms with van der Waals surface area (Å²) in [7, 11) is 0. The largest absolute Gasteiger partial charge is 0.462 e. The van der Waals surface area contributed by atoms with Crippen molar-refractivity contribution in [2.24, 2.45) is 0 Å². The van der Waals surface area contributed by atoms with E-state index in [4.69, 9.17) is 14.2 Å². The summed E-state index contributed by atoms with van der Waals surface area (Å²) >= 11 is 0. The van der Waals surface area contributed by atoms with Crippen molar-refractivity contribution in [2.45, 2.75) is 341 Å². The highest BCUT2D eigenvalue weighted by atomic mass is 16.6. The van der Waals surface area contributed by atoms with Crippen LogP contribution in [0.15, 0.2) is 0 Å². The fourth-order valence-corrected chi connectivity index (χ4v) is 8.98. The van der Waals surface area contributed by atoms with Gasteiger partial charge in [0, 0.05) is 19.3 Å². The molecule has 0 aromatic carbocycles. The molecule has 64 heavy (non-hydrogen) atoms. The highest BCUT2D eigenvalue weighted by molar-refractivity contribution is 5.71. The molecule has 0 N–H and O–H groups in total. The Labute approximate surface area is 399 Å². The Hall–Kier alpha value is -1.59. The lowest BCUT2D eigenvalue weighted by Crippen LogP contribution is -2.30. The van der Waals surface area contributed by atoms with Gasteiger partial charge in [-0.05, 0) is 19.3 Å². The Kier molecular flexibility index (Phi) is 52.7. The molecule has 0 heterocycles. The molecule has 0 fully saturated rings. The van der Waals surface area contributed by atoms with E-state index >= 15 is 0 Å². The molecule has 0 bridgehead atoms. The monoisotopic (exact) mass is 905 g/mol. The summed E-state index contributed by atoms with van der Waals surface area (Å²) in [5, 5.41) is 0. The van der Waals surface area contributed by atoms with Gasteiger partial charge in [0.25, 0.3) is 0 Å². The summed E-state index contributed by atoms with van der Waals surface area (Å²) in [5.74, 6) is -0.836. The first kappa shape index (κ1) is 62.4. The number of carbonyl (C=O) groups excluding carboxylic acids is 3. The van der Waals surface area contributed by atoms with Crippen molar-refractivity contribution in [1.82, 2.24) is 0 Å². The number of rotatable bonds is 54. The third-order valence-corrected chi connectivity index (χ3v) is 13.4. The number of esters is 3. The SMILES string of the molecule is CCCCCCCCCCCCCCCCCCCCCC(=O)O[C@H](COC(=O)CCCCCCCCCCC)COC(=O)CCCCCCCCCCCCCCCCCCCC. The molecular formula is C58H112O6. The molecule has 0 spiro atoms. The molecule has 0 saturated carbocycles. The summed E-state index contributed by atoms with van der Waals surface area (Å²) < 4.78 is 16.8. The molecule has 0 aromatic heterocycles. The third-order valence-electron chi connectivity index (χ3n) is 13.4. The summed E-state index contributed by atoms with van der Waals surface area (Å²) in [6.45, 7) is 6.69. The minimum Gasteiger partial charge on any atom is -0.462 e. The van der Waals surface area contributed by atoms with E-state index in [9.17, 15) is 14.4 Å². The third kappa shape index (κ3) is 51.4. The molecule has 0 aliphatic carbocycles. The van der Waals surface area contributed by atoms with Crippen LogP contribution in [0, 0.1) is 0 Å². The second kappa shape index (κ2) is 54.0. The number of ether oxygens (including phenoxy) is 3. The van der Waals surface area contributed by atoms with E-state index in [0.29, 0.717) is 19.3 Å². The maximum absolute atomic E-state index is 12.8. The van der Waals surface area contributed by atoms with Crippen LogP contribution >= 0.6 is 0 Å². The van der Waals surface area contributed by atoms with Gasteiger partial charge in [0.05, 0.1) is 0 Å². The predicted octanol–water partition coefficient (Wildman–Crippen LogP) is 19.2. The molecule has 6 heteroatoms. The Balaban J connectivity index is 4.19. The van der Waals surface area contributed by atoms with Gasteiger partial charge in [-0.1, -0.05) is 297 Å². The Morgan fingerprint density at radius 1 is 0.250 bits per heavy atom.